The molecule has 3 aliphatic rings. The molecule has 28 heavy (non-hydrogen) atoms. The average Bonchev–Trinajstić information content (AvgIpc) is 2.70. The van der Waals surface area contributed by atoms with Gasteiger partial charge >= 0.3 is 0 Å². The van der Waals surface area contributed by atoms with Gasteiger partial charge in [0.25, 0.3) is 0 Å². The van der Waals surface area contributed by atoms with Crippen molar-refractivity contribution >= 4 is 28.8 Å². The lowest BCUT2D eigenvalue weighted by Gasteiger charge is -2.34. The molecule has 1 aromatic heterocycles. The van der Waals surface area contributed by atoms with Crippen molar-refractivity contribution in [2.75, 3.05) is 39.3 Å². The van der Waals surface area contributed by atoms with Gasteiger partial charge in [0.1, 0.15) is 11.5 Å². The van der Waals surface area contributed by atoms with Gasteiger partial charge in [0.2, 0.25) is 0 Å². The molecule has 0 spiro atoms. The molecular weight excluding hydrogens is 372 g/mol. The first-order valence-corrected chi connectivity index (χ1v) is 10.1. The van der Waals surface area contributed by atoms with E-state index in [9.17, 15) is 0 Å². The van der Waals surface area contributed by atoms with Crippen LogP contribution >= 0.6 is 12.2 Å². The maximum absolute atomic E-state index is 7.63. The van der Waals surface area contributed by atoms with E-state index in [1.165, 1.54) is 5.56 Å². The number of hydrogen-bond donors (Lipinski definition) is 2. The molecule has 2 saturated heterocycles. The van der Waals surface area contributed by atoms with Crippen molar-refractivity contribution in [2.45, 2.75) is 19.9 Å². The molecule has 152 valence electrons. The maximum atomic E-state index is 7.63. The van der Waals surface area contributed by atoms with Gasteiger partial charge in [0, 0.05) is 59.5 Å². The highest BCUT2D eigenvalue weighted by atomic mass is 32.1. The van der Waals surface area contributed by atoms with Gasteiger partial charge in [-0.2, -0.15) is 0 Å². The van der Waals surface area contributed by atoms with Crippen molar-refractivity contribution in [3.8, 4) is 0 Å². The summed E-state index contributed by atoms with van der Waals surface area (Å²) in [4.78, 5) is 12.8. The number of thiocarbonyl (C=S) groups is 1. The number of fused-ring (bicyclic) bond motifs is 1. The number of pyridine rings is 1. The summed E-state index contributed by atoms with van der Waals surface area (Å²) in [7, 11) is 0. The van der Waals surface area contributed by atoms with E-state index in [0.717, 1.165) is 50.7 Å². The number of aromatic nitrogens is 1. The lowest BCUT2D eigenvalue weighted by molar-refractivity contribution is 0.176. The number of hydrogen-bond acceptors (Lipinski definition) is 6. The maximum Gasteiger partial charge on any atom is 0.166 e. The minimum absolute atomic E-state index is 0. The summed E-state index contributed by atoms with van der Waals surface area (Å²) in [5, 5.41) is 8.14. The summed E-state index contributed by atoms with van der Waals surface area (Å²) in [5.74, 6) is 1.28. The largest absolute Gasteiger partial charge is 0.491 e. The molecule has 0 aliphatic carbocycles. The fourth-order valence-electron chi connectivity index (χ4n) is 3.32. The number of nitrogens with zero attached hydrogens (tertiary/aromatic N) is 4. The Morgan fingerprint density at radius 2 is 2.04 bits per heavy atom. The van der Waals surface area contributed by atoms with E-state index in [4.69, 9.17) is 28.1 Å². The van der Waals surface area contributed by atoms with Gasteiger partial charge in [-0.15, -0.1) is 0 Å². The van der Waals surface area contributed by atoms with Crippen molar-refractivity contribution in [3.63, 3.8) is 0 Å². The molecule has 1 unspecified atom stereocenters. The predicted octanol–water partition coefficient (Wildman–Crippen LogP) is 2.09. The molecule has 0 radical (unpaired) electrons. The Balaban J connectivity index is 0.000000207. The van der Waals surface area contributed by atoms with E-state index in [1.54, 1.807) is 0 Å². The van der Waals surface area contributed by atoms with Gasteiger partial charge in [-0.05, 0) is 41.9 Å². The van der Waals surface area contributed by atoms with Gasteiger partial charge in [0.15, 0.2) is 5.11 Å². The number of rotatable bonds is 2. The Kier molecular flexibility index (Phi) is 7.11. The number of dihydropyridines is 1. The smallest absolute Gasteiger partial charge is 0.166 e. The molecule has 1 aromatic rings. The van der Waals surface area contributed by atoms with Crippen LogP contribution in [0.25, 0.3) is 0 Å². The van der Waals surface area contributed by atoms with E-state index in [-0.39, 0.29) is 1.43 Å². The number of piperazine rings is 1. The van der Waals surface area contributed by atoms with Crippen molar-refractivity contribution in [2.24, 2.45) is 16.6 Å². The van der Waals surface area contributed by atoms with Crippen molar-refractivity contribution in [3.05, 3.63) is 41.9 Å². The Bertz CT molecular complexity index is 761. The molecule has 2 fully saturated rings. The Hall–Kier alpha value is -2.32. The zero-order valence-electron chi connectivity index (χ0n) is 16.3. The van der Waals surface area contributed by atoms with Crippen molar-refractivity contribution in [1.29, 1.82) is 5.41 Å². The molecule has 7 nitrogen and oxygen atoms in total. The standard InChI is InChI=1S/C11H16N4S.C9H12N2O.H2/c12-11(16)15-7-5-14(6-8-15)9-10-1-3-13-4-2-10;1-6-4-8-9(11-5-6)7(10)2-3-12-8;/h1-4H,5-9H2,(H2,12,16);4,6,10H,2-3,5H2,1H3;1H. The van der Waals surface area contributed by atoms with Crippen LogP contribution in [0.4, 0.5) is 0 Å². The molecule has 0 aromatic carbocycles. The fourth-order valence-corrected chi connectivity index (χ4v) is 3.50. The van der Waals surface area contributed by atoms with Crippen LogP contribution in [0.2, 0.25) is 0 Å². The average molecular weight is 403 g/mol. The molecular formula is C20H30N6OS. The van der Waals surface area contributed by atoms with Crippen molar-refractivity contribution < 1.29 is 6.16 Å². The van der Waals surface area contributed by atoms with E-state index in [2.05, 4.69) is 44.9 Å². The molecule has 8 heteroatoms. The van der Waals surface area contributed by atoms with E-state index >= 15 is 0 Å². The number of nitrogens with two attached hydrogens (primary N) is 1. The summed E-state index contributed by atoms with van der Waals surface area (Å²) in [6.07, 6.45) is 6.43. The Morgan fingerprint density at radius 1 is 1.32 bits per heavy atom. The first-order chi connectivity index (χ1) is 13.5. The summed E-state index contributed by atoms with van der Waals surface area (Å²) in [5.41, 5.74) is 8.30. The quantitative estimate of drug-likeness (QED) is 0.736. The molecule has 0 bridgehead atoms. The third-order valence-corrected chi connectivity index (χ3v) is 5.20. The van der Waals surface area contributed by atoms with Crippen LogP contribution in [0, 0.1) is 11.3 Å². The third-order valence-electron chi connectivity index (χ3n) is 4.94. The number of allylic oxidation sites excluding steroid dienone is 1. The van der Waals surface area contributed by atoms with Gasteiger partial charge in [-0.1, -0.05) is 6.92 Å². The molecule has 0 saturated carbocycles. The minimum Gasteiger partial charge on any atom is -0.491 e. The van der Waals surface area contributed by atoms with Crippen LogP contribution in [0.3, 0.4) is 0 Å². The third kappa shape index (κ3) is 5.59. The number of ether oxygens (including phenoxy) is 1. The Morgan fingerprint density at radius 3 is 2.71 bits per heavy atom. The highest BCUT2D eigenvalue weighted by Gasteiger charge is 2.23. The molecule has 4 heterocycles. The van der Waals surface area contributed by atoms with Crippen LogP contribution < -0.4 is 5.73 Å². The Labute approximate surface area is 173 Å². The van der Waals surface area contributed by atoms with Crippen LogP contribution in [-0.2, 0) is 11.3 Å². The highest BCUT2D eigenvalue weighted by molar-refractivity contribution is 7.80. The second kappa shape index (κ2) is 9.75. The van der Waals surface area contributed by atoms with Crippen LogP contribution in [0.15, 0.2) is 41.4 Å². The lowest BCUT2D eigenvalue weighted by atomic mass is 10.0. The van der Waals surface area contributed by atoms with Crippen LogP contribution in [0.1, 0.15) is 20.3 Å². The summed E-state index contributed by atoms with van der Waals surface area (Å²) >= 11 is 4.96. The number of aliphatic imine (C=N–C) groups is 1. The van der Waals surface area contributed by atoms with Crippen molar-refractivity contribution in [1.82, 2.24) is 14.8 Å². The monoisotopic (exact) mass is 402 g/mol. The molecule has 3 N–H and O–H groups in total. The first-order valence-electron chi connectivity index (χ1n) is 9.66. The molecule has 1 atom stereocenters. The van der Waals surface area contributed by atoms with E-state index in [0.29, 0.717) is 29.8 Å². The van der Waals surface area contributed by atoms with Crippen LogP contribution in [0.5, 0.6) is 0 Å². The van der Waals surface area contributed by atoms with Gasteiger partial charge in [-0.25, -0.2) is 0 Å². The summed E-state index contributed by atoms with van der Waals surface area (Å²) < 4.78 is 5.41. The van der Waals surface area contributed by atoms with E-state index < -0.39 is 0 Å². The topological polar surface area (TPSA) is 90.8 Å². The fraction of sp³-hybridized carbons (Fsp3) is 0.500. The summed E-state index contributed by atoms with van der Waals surface area (Å²) in [6, 6.07) is 4.11. The highest BCUT2D eigenvalue weighted by Crippen LogP contribution is 2.19. The molecule has 3 aliphatic heterocycles. The predicted molar refractivity (Wildman–Crippen MR) is 118 cm³/mol. The summed E-state index contributed by atoms with van der Waals surface area (Å²) in [6.45, 7) is 8.41. The molecule has 4 rings (SSSR count). The minimum atomic E-state index is 0. The lowest BCUT2D eigenvalue weighted by Crippen LogP contribution is -2.49. The first kappa shape index (κ1) is 20.4. The van der Waals surface area contributed by atoms with E-state index in [1.807, 2.05) is 12.4 Å². The van der Waals surface area contributed by atoms with Gasteiger partial charge < -0.3 is 20.8 Å². The zero-order chi connectivity index (χ0) is 19.9. The van der Waals surface area contributed by atoms with Crippen LogP contribution in [-0.4, -0.2) is 70.7 Å². The normalized spacial score (nSPS) is 22.1. The SMILES string of the molecule is CC1C=C2OCCC(=N)C2=NC1.NC(=S)N1CCN(Cc2ccncc2)CC1.[HH]. The zero-order valence-corrected chi connectivity index (χ0v) is 17.1. The molecule has 0 amide bonds. The second-order valence-electron chi connectivity index (χ2n) is 7.23. The number of nitrogens with one attached hydrogen (secondary N) is 1. The second-order valence-corrected chi connectivity index (χ2v) is 7.65. The van der Waals surface area contributed by atoms with Gasteiger partial charge in [-0.3, -0.25) is 14.9 Å². The van der Waals surface area contributed by atoms with Gasteiger partial charge in [0.05, 0.1) is 12.3 Å².